The van der Waals surface area contributed by atoms with Gasteiger partial charge in [-0.05, 0) is 99.3 Å². The van der Waals surface area contributed by atoms with E-state index in [-0.39, 0.29) is 17.0 Å². The Labute approximate surface area is 205 Å². The summed E-state index contributed by atoms with van der Waals surface area (Å²) in [5.41, 5.74) is 2.53. The third-order valence-electron chi connectivity index (χ3n) is 7.22. The molecule has 2 aromatic carbocycles. The largest absolute Gasteiger partial charge is 0.493 e. The summed E-state index contributed by atoms with van der Waals surface area (Å²) in [5, 5.41) is 9.99. The number of benzene rings is 2. The number of carbonyl (C=O) groups is 1. The van der Waals surface area contributed by atoms with E-state index >= 15 is 0 Å². The molecule has 0 unspecified atom stereocenters. The van der Waals surface area contributed by atoms with Crippen LogP contribution in [-0.4, -0.2) is 49.4 Å². The molecule has 34 heavy (non-hydrogen) atoms. The van der Waals surface area contributed by atoms with Gasteiger partial charge in [0.1, 0.15) is 11.6 Å². The number of rotatable bonds is 9. The number of halogens is 2. The lowest BCUT2D eigenvalue weighted by atomic mass is 9.86. The molecule has 2 aromatic rings. The highest BCUT2D eigenvalue weighted by atomic mass is 35.5. The predicted octanol–water partition coefficient (Wildman–Crippen LogP) is 6.02. The number of aromatic carboxylic acids is 1. The second-order valence-electron chi connectivity index (χ2n) is 9.91. The van der Waals surface area contributed by atoms with Crippen LogP contribution in [0.1, 0.15) is 65.6 Å². The Balaban J connectivity index is 1.42. The fourth-order valence-corrected chi connectivity index (χ4v) is 5.35. The van der Waals surface area contributed by atoms with Crippen molar-refractivity contribution in [3.8, 4) is 5.75 Å². The summed E-state index contributed by atoms with van der Waals surface area (Å²) in [4.78, 5) is 13.8. The second kappa shape index (κ2) is 10.2. The number of aryl methyl sites for hydroxylation is 1. The summed E-state index contributed by atoms with van der Waals surface area (Å²) < 4.78 is 26.0. The van der Waals surface area contributed by atoms with Gasteiger partial charge in [0.15, 0.2) is 0 Å². The topological polar surface area (TPSA) is 59.0 Å². The van der Waals surface area contributed by atoms with Crippen molar-refractivity contribution in [1.82, 2.24) is 4.90 Å². The van der Waals surface area contributed by atoms with Gasteiger partial charge in [0, 0.05) is 18.2 Å². The Morgan fingerprint density at radius 2 is 1.88 bits per heavy atom. The number of hydrogen-bond acceptors (Lipinski definition) is 4. The van der Waals surface area contributed by atoms with Gasteiger partial charge in [-0.1, -0.05) is 17.7 Å². The monoisotopic (exact) mass is 489 g/mol. The zero-order valence-electron chi connectivity index (χ0n) is 20.1. The number of ether oxygens (including phenoxy) is 2. The Kier molecular flexibility index (Phi) is 7.51. The van der Waals surface area contributed by atoms with Crippen LogP contribution in [0.5, 0.6) is 5.75 Å². The van der Waals surface area contributed by atoms with E-state index in [9.17, 15) is 14.3 Å². The maximum atomic E-state index is 14.3. The van der Waals surface area contributed by atoms with Crippen LogP contribution >= 0.6 is 11.6 Å². The van der Waals surface area contributed by atoms with Gasteiger partial charge >= 0.3 is 5.97 Å². The smallest absolute Gasteiger partial charge is 0.338 e. The Hall–Kier alpha value is -2.15. The lowest BCUT2D eigenvalue weighted by Gasteiger charge is -2.45. The van der Waals surface area contributed by atoms with E-state index in [0.717, 1.165) is 60.5 Å². The molecule has 1 N–H and O–H groups in total. The third-order valence-corrected chi connectivity index (χ3v) is 7.44. The first-order valence-corrected chi connectivity index (χ1v) is 12.3. The quantitative estimate of drug-likeness (QED) is 0.467. The molecule has 0 amide bonds. The van der Waals surface area contributed by atoms with E-state index < -0.39 is 11.8 Å². The first kappa shape index (κ1) is 25.0. The van der Waals surface area contributed by atoms with E-state index in [2.05, 4.69) is 17.9 Å². The number of hydrogen-bond donors (Lipinski definition) is 1. The van der Waals surface area contributed by atoms with Crippen LogP contribution in [0.15, 0.2) is 30.3 Å². The van der Waals surface area contributed by atoms with Crippen LogP contribution in [0.2, 0.25) is 5.02 Å². The minimum atomic E-state index is -1.24. The Morgan fingerprint density at radius 1 is 1.18 bits per heavy atom. The van der Waals surface area contributed by atoms with E-state index in [1.165, 1.54) is 12.1 Å². The molecule has 1 aliphatic carbocycles. The molecule has 2 aliphatic rings. The van der Waals surface area contributed by atoms with Crippen molar-refractivity contribution in [2.24, 2.45) is 5.92 Å². The number of nitrogens with zero attached hydrogens (tertiary/aromatic N) is 1. The molecule has 1 saturated heterocycles. The summed E-state index contributed by atoms with van der Waals surface area (Å²) in [6, 6.07) is 8.87. The van der Waals surface area contributed by atoms with Crippen LogP contribution in [0.3, 0.4) is 0 Å². The summed E-state index contributed by atoms with van der Waals surface area (Å²) in [5.74, 6) is -0.878. The van der Waals surface area contributed by atoms with Gasteiger partial charge in [-0.3, -0.25) is 4.90 Å². The van der Waals surface area contributed by atoms with Crippen LogP contribution in [0.4, 0.5) is 4.39 Å². The minimum absolute atomic E-state index is 0.270. The average molecular weight is 490 g/mol. The summed E-state index contributed by atoms with van der Waals surface area (Å²) in [6.45, 7) is 7.09. The first-order chi connectivity index (χ1) is 16.2. The Morgan fingerprint density at radius 3 is 2.47 bits per heavy atom. The SMILES string of the molecule is COC[C@@](C)(c1cc(C)cc(Cl)c1)N1CCC(COc2cc(F)c(C(=O)O)cc2C2CC2)CC1. The van der Waals surface area contributed by atoms with Crippen LogP contribution in [0, 0.1) is 18.7 Å². The highest BCUT2D eigenvalue weighted by Crippen LogP contribution is 2.45. The minimum Gasteiger partial charge on any atom is -0.493 e. The number of methoxy groups -OCH3 is 1. The number of piperidine rings is 1. The molecule has 5 nitrogen and oxygen atoms in total. The van der Waals surface area contributed by atoms with Gasteiger partial charge < -0.3 is 14.6 Å². The molecule has 1 heterocycles. The molecular weight excluding hydrogens is 457 g/mol. The van der Waals surface area contributed by atoms with Gasteiger partial charge in [-0.2, -0.15) is 0 Å². The van der Waals surface area contributed by atoms with E-state index in [0.29, 0.717) is 24.9 Å². The average Bonchev–Trinajstić information content (AvgIpc) is 3.62. The van der Waals surface area contributed by atoms with E-state index in [1.807, 2.05) is 19.1 Å². The van der Waals surface area contributed by atoms with Crippen LogP contribution in [-0.2, 0) is 10.3 Å². The molecule has 0 spiro atoms. The lowest BCUT2D eigenvalue weighted by Crippen LogP contribution is -2.51. The predicted molar refractivity (Wildman–Crippen MR) is 131 cm³/mol. The lowest BCUT2D eigenvalue weighted by molar-refractivity contribution is -0.00669. The van der Waals surface area contributed by atoms with Crippen LogP contribution in [0.25, 0.3) is 0 Å². The molecule has 184 valence electrons. The van der Waals surface area contributed by atoms with Crippen molar-refractivity contribution in [3.05, 3.63) is 63.4 Å². The molecule has 7 heteroatoms. The normalized spacial score (nSPS) is 19.1. The van der Waals surface area contributed by atoms with Gasteiger partial charge in [0.25, 0.3) is 0 Å². The van der Waals surface area contributed by atoms with Gasteiger partial charge in [-0.15, -0.1) is 0 Å². The van der Waals surface area contributed by atoms with E-state index in [4.69, 9.17) is 21.1 Å². The zero-order valence-corrected chi connectivity index (χ0v) is 20.8. The summed E-state index contributed by atoms with van der Waals surface area (Å²) in [6.07, 6.45) is 3.88. The molecule has 4 rings (SSSR count). The molecule has 1 aliphatic heterocycles. The Bertz CT molecular complexity index is 1030. The molecule has 1 saturated carbocycles. The fourth-order valence-electron chi connectivity index (χ4n) is 5.06. The highest BCUT2D eigenvalue weighted by molar-refractivity contribution is 6.30. The molecule has 0 bridgehead atoms. The molecule has 0 aromatic heterocycles. The van der Waals surface area contributed by atoms with Crippen molar-refractivity contribution < 1.29 is 23.8 Å². The fraction of sp³-hybridized carbons (Fsp3) is 0.519. The second-order valence-corrected chi connectivity index (χ2v) is 10.4. The number of carboxylic acids is 1. The highest BCUT2D eigenvalue weighted by Gasteiger charge is 2.37. The number of carboxylic acid groups (broad SMARTS) is 1. The van der Waals surface area contributed by atoms with Gasteiger partial charge in [-0.25, -0.2) is 9.18 Å². The van der Waals surface area contributed by atoms with Crippen molar-refractivity contribution in [1.29, 1.82) is 0 Å². The van der Waals surface area contributed by atoms with Crippen molar-refractivity contribution in [2.75, 3.05) is 33.4 Å². The first-order valence-electron chi connectivity index (χ1n) is 11.9. The standard InChI is InChI=1S/C27H33ClFNO4/c1-17-10-20(12-21(28)11-17)27(2,16-33-3)30-8-6-18(7-9-30)15-34-25-14-24(29)23(26(31)32)13-22(25)19-4-5-19/h10-14,18-19H,4-9,15-16H2,1-3H3,(H,31,32)/t27-/m0/s1. The summed E-state index contributed by atoms with van der Waals surface area (Å²) >= 11 is 6.36. The molecule has 0 radical (unpaired) electrons. The molecule has 2 fully saturated rings. The van der Waals surface area contributed by atoms with Crippen molar-refractivity contribution in [2.45, 2.75) is 51.0 Å². The third kappa shape index (κ3) is 5.40. The van der Waals surface area contributed by atoms with Gasteiger partial charge in [0.2, 0.25) is 0 Å². The van der Waals surface area contributed by atoms with Crippen LogP contribution < -0.4 is 4.74 Å². The molecule has 1 atom stereocenters. The zero-order chi connectivity index (χ0) is 24.5. The van der Waals surface area contributed by atoms with Crippen molar-refractivity contribution in [3.63, 3.8) is 0 Å². The van der Waals surface area contributed by atoms with E-state index in [1.54, 1.807) is 7.11 Å². The molecular formula is C27H33ClFNO4. The summed E-state index contributed by atoms with van der Waals surface area (Å²) in [7, 11) is 1.72. The van der Waals surface area contributed by atoms with Crippen molar-refractivity contribution >= 4 is 17.6 Å². The maximum Gasteiger partial charge on any atom is 0.338 e. The van der Waals surface area contributed by atoms with Gasteiger partial charge in [0.05, 0.1) is 24.3 Å². The maximum absolute atomic E-state index is 14.3. The number of likely N-dealkylation sites (tertiary alicyclic amines) is 1.